The molecule has 25 nitrogen and oxygen atoms in total. The second-order valence-corrected chi connectivity index (χ2v) is 21.8. The number of benzene rings is 1. The summed E-state index contributed by atoms with van der Waals surface area (Å²) in [5.74, 6) is -5.10. The molecule has 6 amide bonds. The number of aliphatic hydroxyl groups excluding tert-OH is 7. The van der Waals surface area contributed by atoms with Crippen LogP contribution in [0.4, 0.5) is 0 Å². The summed E-state index contributed by atoms with van der Waals surface area (Å²) in [7, 11) is 0. The molecule has 16 unspecified atom stereocenters. The van der Waals surface area contributed by atoms with Gasteiger partial charge in [0, 0.05) is 38.9 Å². The van der Waals surface area contributed by atoms with Crippen LogP contribution in [0, 0.1) is 11.8 Å². The number of amides is 6. The van der Waals surface area contributed by atoms with Crippen LogP contribution in [-0.2, 0) is 38.3 Å². The summed E-state index contributed by atoms with van der Waals surface area (Å²) >= 11 is 0. The van der Waals surface area contributed by atoms with E-state index in [2.05, 4.69) is 47.4 Å². The maximum atomic E-state index is 14.4. The average Bonchev–Trinajstić information content (AvgIpc) is 4.11. The van der Waals surface area contributed by atoms with Crippen molar-refractivity contribution < 1.29 is 79.2 Å². The Hall–Kier alpha value is -4.93. The third-order valence-corrected chi connectivity index (χ3v) is 15.1. The van der Waals surface area contributed by atoms with Crippen LogP contribution in [-0.4, -0.2) is 210 Å². The lowest BCUT2D eigenvalue weighted by atomic mass is 9.91. The molecule has 0 aromatic heterocycles. The van der Waals surface area contributed by atoms with Gasteiger partial charge in [0.1, 0.15) is 54.3 Å². The molecule has 2 aliphatic rings. The second-order valence-electron chi connectivity index (χ2n) is 21.8. The predicted molar refractivity (Wildman–Crippen MR) is 294 cm³/mol. The van der Waals surface area contributed by atoms with E-state index in [0.29, 0.717) is 24.8 Å². The van der Waals surface area contributed by atoms with Crippen molar-refractivity contribution in [2.75, 3.05) is 39.3 Å². The van der Waals surface area contributed by atoms with Gasteiger partial charge in [0.05, 0.1) is 37.1 Å². The fraction of sp³-hybridized carbons (Fsp3) is 0.764. The minimum absolute atomic E-state index is 0.0188. The van der Waals surface area contributed by atoms with Crippen LogP contribution in [0.25, 0.3) is 0 Å². The van der Waals surface area contributed by atoms with Crippen molar-refractivity contribution in [3.8, 4) is 5.75 Å². The fourth-order valence-corrected chi connectivity index (χ4v) is 10.1. The van der Waals surface area contributed by atoms with E-state index >= 15 is 0 Å². The molecular formula is C55H95N9O16. The fourth-order valence-electron chi connectivity index (χ4n) is 10.1. The average molecular weight is 1140 g/mol. The number of Topliss-reactive ketones (excluding diaryl/α,β-unsaturated/α-hetero) is 1. The summed E-state index contributed by atoms with van der Waals surface area (Å²) in [6.45, 7) is 10.9. The number of rotatable bonds is 37. The summed E-state index contributed by atoms with van der Waals surface area (Å²) in [6, 6.07) is -4.82. The van der Waals surface area contributed by atoms with Crippen molar-refractivity contribution in [1.82, 2.24) is 36.4 Å². The Balaban J connectivity index is 1.87. The van der Waals surface area contributed by atoms with Crippen molar-refractivity contribution >= 4 is 41.2 Å². The van der Waals surface area contributed by atoms with Gasteiger partial charge in [-0.15, -0.1) is 0 Å². The van der Waals surface area contributed by atoms with E-state index in [1.165, 1.54) is 44.5 Å². The van der Waals surface area contributed by atoms with E-state index in [9.17, 15) is 74.4 Å². The molecule has 2 saturated heterocycles. The maximum Gasteiger partial charge on any atom is 0.248 e. The van der Waals surface area contributed by atoms with E-state index in [0.717, 1.165) is 54.7 Å². The molecule has 2 fully saturated rings. The number of nitrogens with one attached hydrogen (secondary N) is 5. The van der Waals surface area contributed by atoms with Crippen molar-refractivity contribution in [1.29, 1.82) is 0 Å². The van der Waals surface area contributed by atoms with Crippen molar-refractivity contribution in [2.45, 2.75) is 217 Å². The van der Waals surface area contributed by atoms with Crippen LogP contribution in [0.15, 0.2) is 24.3 Å². The highest BCUT2D eigenvalue weighted by Gasteiger charge is 2.47. The zero-order valence-corrected chi connectivity index (χ0v) is 47.6. The van der Waals surface area contributed by atoms with Crippen molar-refractivity contribution in [2.24, 2.45) is 23.3 Å². The first-order valence-corrected chi connectivity index (χ1v) is 28.5. The number of carbonyl (C=O) groups is 7. The first kappa shape index (κ1) is 69.3. The maximum absolute atomic E-state index is 14.4. The highest BCUT2D eigenvalue weighted by Crippen LogP contribution is 2.26. The van der Waals surface area contributed by atoms with E-state index < -0.39 is 133 Å². The van der Waals surface area contributed by atoms with Gasteiger partial charge < -0.3 is 93.4 Å². The van der Waals surface area contributed by atoms with Gasteiger partial charge in [-0.2, -0.15) is 0 Å². The SMILES string of the molecule is CCNCCOC(NC(=O)C1C(O)CCN1C(=O)C(NC(=O)C(N)C(O)C(O)c1ccc(O)cc1)C(O)CCN)C(O)CC(NC(=O)CCCCCCCCC(C)CC(C)CC)C(=O)NC(C(=O)N1CC(O)CC1C(C)=O)C(C)O. The number of hydrogen-bond acceptors (Lipinski definition) is 19. The van der Waals surface area contributed by atoms with E-state index in [-0.39, 0.29) is 69.8 Å². The number of ether oxygens (including phenoxy) is 1. The Kier molecular flexibility index (Phi) is 30.5. The molecule has 2 aliphatic heterocycles. The number of nitrogens with two attached hydrogens (primary N) is 2. The zero-order chi connectivity index (χ0) is 59.8. The quantitative estimate of drug-likeness (QED) is 0.0258. The van der Waals surface area contributed by atoms with Gasteiger partial charge >= 0.3 is 0 Å². The molecular weight excluding hydrogens is 1040 g/mol. The number of likely N-dealkylation sites (tertiary alicyclic amines) is 2. The first-order chi connectivity index (χ1) is 37.9. The molecule has 0 aliphatic carbocycles. The molecule has 80 heavy (non-hydrogen) atoms. The largest absolute Gasteiger partial charge is 0.508 e. The summed E-state index contributed by atoms with van der Waals surface area (Å²) in [5, 5.41) is 99.7. The standard InChI is InChI=1S/C55H95N9O16/c1-7-31(3)27-32(4)15-13-11-9-10-12-14-16-43(72)59-38(50(75)60-45(34(6)66)54(78)64-30-37(68)28-39(64)33(5)65)29-42(71)53(80-26-24-58-8-2)62-52(77)47-41(70)22-25-63(47)55(79)46(40(69)21-23-56)61-51(76)44(57)49(74)48(73)35-17-19-36(67)20-18-35/h17-20,31-32,34,37-42,44-49,53,58,66-71,73-74H,7-16,21-30,56-57H2,1-6H3,(H,59,72)(H,60,75)(H,61,76)(H,62,77). The molecule has 17 N–H and O–H groups in total. The Morgan fingerprint density at radius 3 is 2.00 bits per heavy atom. The zero-order valence-electron chi connectivity index (χ0n) is 47.6. The number of ketones is 1. The molecule has 0 bridgehead atoms. The lowest BCUT2D eigenvalue weighted by Gasteiger charge is -2.34. The molecule has 25 heteroatoms. The molecule has 3 rings (SSSR count). The number of likely N-dealkylation sites (N-methyl/N-ethyl adjacent to an activating group) is 1. The second kappa shape index (κ2) is 35.2. The van der Waals surface area contributed by atoms with Gasteiger partial charge in [-0.1, -0.05) is 84.8 Å². The molecule has 0 saturated carbocycles. The molecule has 1 aromatic carbocycles. The number of carbonyl (C=O) groups excluding carboxylic acids is 7. The van der Waals surface area contributed by atoms with Gasteiger partial charge in [0.15, 0.2) is 12.0 Å². The van der Waals surface area contributed by atoms with Crippen LogP contribution in [0.2, 0.25) is 0 Å². The Morgan fingerprint density at radius 1 is 0.762 bits per heavy atom. The topological polar surface area (TPSA) is 409 Å². The van der Waals surface area contributed by atoms with Crippen molar-refractivity contribution in [3.05, 3.63) is 29.8 Å². The van der Waals surface area contributed by atoms with Gasteiger partial charge in [0.25, 0.3) is 0 Å². The van der Waals surface area contributed by atoms with E-state index in [1.54, 1.807) is 0 Å². The highest BCUT2D eigenvalue weighted by molar-refractivity contribution is 5.96. The third-order valence-electron chi connectivity index (χ3n) is 15.1. The monoisotopic (exact) mass is 1140 g/mol. The normalized spacial score (nSPS) is 21.9. The third kappa shape index (κ3) is 21.8. The van der Waals surface area contributed by atoms with Gasteiger partial charge in [-0.05, 0) is 82.2 Å². The summed E-state index contributed by atoms with van der Waals surface area (Å²) in [6.07, 6.45) is -5.61. The van der Waals surface area contributed by atoms with E-state index in [1.807, 2.05) is 6.92 Å². The van der Waals surface area contributed by atoms with Gasteiger partial charge in [-0.3, -0.25) is 33.6 Å². The molecule has 0 spiro atoms. The van der Waals surface area contributed by atoms with E-state index in [4.69, 9.17) is 16.2 Å². The summed E-state index contributed by atoms with van der Waals surface area (Å²) in [4.78, 5) is 98.5. The number of phenolic OH excluding ortho intramolecular Hbond substituents is 1. The Morgan fingerprint density at radius 2 is 1.39 bits per heavy atom. The van der Waals surface area contributed by atoms with Crippen LogP contribution >= 0.6 is 0 Å². The van der Waals surface area contributed by atoms with Gasteiger partial charge in [-0.25, -0.2) is 0 Å². The molecule has 1 aromatic rings. The van der Waals surface area contributed by atoms with Crippen LogP contribution in [0.1, 0.15) is 143 Å². The van der Waals surface area contributed by atoms with Gasteiger partial charge in [0.2, 0.25) is 35.4 Å². The summed E-state index contributed by atoms with van der Waals surface area (Å²) < 4.78 is 5.94. The molecule has 0 radical (unpaired) electrons. The van der Waals surface area contributed by atoms with Crippen molar-refractivity contribution in [3.63, 3.8) is 0 Å². The first-order valence-electron chi connectivity index (χ1n) is 28.5. The lowest BCUT2D eigenvalue weighted by Crippen LogP contribution is -2.63. The summed E-state index contributed by atoms with van der Waals surface area (Å²) in [5.41, 5.74) is 11.8. The number of nitrogens with zero attached hydrogens (tertiary/aromatic N) is 2. The minimum atomic E-state index is -1.96. The number of β-amino-alcohol motifs (C(OH)–C–C–N with tert-alkyl or cyclic N) is 1. The number of hydrogen-bond donors (Lipinski definition) is 15. The minimum Gasteiger partial charge on any atom is -0.508 e. The van der Waals surface area contributed by atoms with Crippen LogP contribution < -0.4 is 38.1 Å². The number of phenols is 1. The Bertz CT molecular complexity index is 2090. The molecule has 16 atom stereocenters. The molecule has 456 valence electrons. The van der Waals surface area contributed by atoms with Crippen LogP contribution in [0.5, 0.6) is 5.75 Å². The number of unbranched alkanes of at least 4 members (excludes halogenated alkanes) is 5. The number of aliphatic hydroxyl groups is 7. The van der Waals surface area contributed by atoms with Crippen LogP contribution in [0.3, 0.4) is 0 Å². The predicted octanol–water partition coefficient (Wildman–Crippen LogP) is -1.82. The lowest BCUT2D eigenvalue weighted by molar-refractivity contribution is -0.149. The number of aromatic hydroxyl groups is 1. The Labute approximate surface area is 470 Å². The smallest absolute Gasteiger partial charge is 0.248 e. The molecule has 2 heterocycles. The highest BCUT2D eigenvalue weighted by atomic mass is 16.5.